The monoisotopic (exact) mass is 187 g/mol. The van der Waals surface area contributed by atoms with E-state index in [-0.39, 0.29) is 5.69 Å². The molecule has 2 heterocycles. The minimum absolute atomic E-state index is 0.279. The van der Waals surface area contributed by atoms with Crippen LogP contribution in [0.3, 0.4) is 0 Å². The fourth-order valence-corrected chi connectivity index (χ4v) is 1.19. The molecule has 2 N–H and O–H groups in total. The van der Waals surface area contributed by atoms with Gasteiger partial charge in [-0.1, -0.05) is 0 Å². The SMILES string of the molecule is NC(=O)c1ccc(-n2cccc2)cn1. The number of rotatable bonds is 2. The van der Waals surface area contributed by atoms with Gasteiger partial charge in [0.2, 0.25) is 0 Å². The lowest BCUT2D eigenvalue weighted by molar-refractivity contribution is 0.0995. The number of primary amides is 1. The molecular formula is C10H9N3O. The van der Waals surface area contributed by atoms with Gasteiger partial charge in [0.25, 0.3) is 5.91 Å². The summed E-state index contributed by atoms with van der Waals surface area (Å²) in [5, 5.41) is 0. The Labute approximate surface area is 81.0 Å². The molecule has 0 saturated carbocycles. The van der Waals surface area contributed by atoms with Gasteiger partial charge in [0.15, 0.2) is 0 Å². The highest BCUT2D eigenvalue weighted by atomic mass is 16.1. The fraction of sp³-hybridized carbons (Fsp3) is 0. The maximum Gasteiger partial charge on any atom is 0.267 e. The van der Waals surface area contributed by atoms with Gasteiger partial charge in [0.05, 0.1) is 11.9 Å². The zero-order valence-electron chi connectivity index (χ0n) is 7.42. The molecule has 4 heteroatoms. The van der Waals surface area contributed by atoms with Crippen molar-refractivity contribution in [2.24, 2.45) is 5.73 Å². The largest absolute Gasteiger partial charge is 0.364 e. The Morgan fingerprint density at radius 2 is 2.00 bits per heavy atom. The van der Waals surface area contributed by atoms with E-state index in [0.717, 1.165) is 5.69 Å². The highest BCUT2D eigenvalue weighted by Gasteiger charge is 2.01. The zero-order chi connectivity index (χ0) is 9.97. The number of nitrogens with zero attached hydrogens (tertiary/aromatic N) is 2. The molecule has 4 nitrogen and oxygen atoms in total. The van der Waals surface area contributed by atoms with Gasteiger partial charge >= 0.3 is 0 Å². The summed E-state index contributed by atoms with van der Waals surface area (Å²) < 4.78 is 1.90. The second kappa shape index (κ2) is 3.33. The van der Waals surface area contributed by atoms with E-state index in [4.69, 9.17) is 5.73 Å². The second-order valence-electron chi connectivity index (χ2n) is 2.86. The molecule has 0 bridgehead atoms. The van der Waals surface area contributed by atoms with Crippen LogP contribution in [-0.4, -0.2) is 15.5 Å². The fourth-order valence-electron chi connectivity index (χ4n) is 1.19. The minimum Gasteiger partial charge on any atom is -0.364 e. The summed E-state index contributed by atoms with van der Waals surface area (Å²) in [5.74, 6) is -0.510. The number of pyridine rings is 1. The Morgan fingerprint density at radius 3 is 2.50 bits per heavy atom. The van der Waals surface area contributed by atoms with Crippen molar-refractivity contribution in [3.63, 3.8) is 0 Å². The van der Waals surface area contributed by atoms with Gasteiger partial charge < -0.3 is 10.3 Å². The van der Waals surface area contributed by atoms with Crippen LogP contribution in [0, 0.1) is 0 Å². The normalized spacial score (nSPS) is 10.0. The van der Waals surface area contributed by atoms with Crippen LogP contribution in [0.4, 0.5) is 0 Å². The van der Waals surface area contributed by atoms with E-state index in [2.05, 4.69) is 4.98 Å². The quantitative estimate of drug-likeness (QED) is 0.761. The Morgan fingerprint density at radius 1 is 1.29 bits per heavy atom. The third kappa shape index (κ3) is 1.50. The highest BCUT2D eigenvalue weighted by Crippen LogP contribution is 2.06. The summed E-state index contributed by atoms with van der Waals surface area (Å²) >= 11 is 0. The van der Waals surface area contributed by atoms with Gasteiger partial charge in [-0.2, -0.15) is 0 Å². The maximum absolute atomic E-state index is 10.8. The van der Waals surface area contributed by atoms with Crippen molar-refractivity contribution in [3.8, 4) is 5.69 Å². The van der Waals surface area contributed by atoms with Crippen LogP contribution in [0.2, 0.25) is 0 Å². The van der Waals surface area contributed by atoms with E-state index in [0.29, 0.717) is 0 Å². The van der Waals surface area contributed by atoms with Crippen LogP contribution >= 0.6 is 0 Å². The maximum atomic E-state index is 10.8. The third-order valence-corrected chi connectivity index (χ3v) is 1.90. The predicted octanol–water partition coefficient (Wildman–Crippen LogP) is 0.971. The molecule has 0 unspecified atom stereocenters. The molecule has 0 aliphatic heterocycles. The lowest BCUT2D eigenvalue weighted by atomic mass is 10.3. The molecule has 0 aliphatic rings. The summed E-state index contributed by atoms with van der Waals surface area (Å²) in [4.78, 5) is 14.7. The summed E-state index contributed by atoms with van der Waals surface area (Å²) in [6.45, 7) is 0. The molecule has 14 heavy (non-hydrogen) atoms. The van der Waals surface area contributed by atoms with Crippen molar-refractivity contribution in [1.82, 2.24) is 9.55 Å². The van der Waals surface area contributed by atoms with Gasteiger partial charge in [-0.3, -0.25) is 4.79 Å². The van der Waals surface area contributed by atoms with E-state index < -0.39 is 5.91 Å². The summed E-state index contributed by atoms with van der Waals surface area (Å²) in [7, 11) is 0. The Kier molecular flexibility index (Phi) is 2.02. The van der Waals surface area contributed by atoms with Crippen molar-refractivity contribution in [2.75, 3.05) is 0 Å². The number of carbonyl (C=O) groups is 1. The molecular weight excluding hydrogens is 178 g/mol. The lowest BCUT2D eigenvalue weighted by Crippen LogP contribution is -2.12. The number of nitrogens with two attached hydrogens (primary N) is 1. The van der Waals surface area contributed by atoms with E-state index in [1.165, 1.54) is 0 Å². The van der Waals surface area contributed by atoms with Crippen LogP contribution < -0.4 is 5.73 Å². The Bertz CT molecular complexity index is 431. The van der Waals surface area contributed by atoms with Crippen LogP contribution in [0.1, 0.15) is 10.5 Å². The second-order valence-corrected chi connectivity index (χ2v) is 2.86. The molecule has 1 amide bonds. The first-order chi connectivity index (χ1) is 6.77. The number of hydrogen-bond donors (Lipinski definition) is 1. The summed E-state index contributed by atoms with van der Waals surface area (Å²) in [6, 6.07) is 7.24. The number of aromatic nitrogens is 2. The number of amides is 1. The van der Waals surface area contributed by atoms with Crippen molar-refractivity contribution in [2.45, 2.75) is 0 Å². The molecule has 2 aromatic heterocycles. The highest BCUT2D eigenvalue weighted by molar-refractivity contribution is 5.90. The molecule has 0 aliphatic carbocycles. The van der Waals surface area contributed by atoms with Crippen molar-refractivity contribution >= 4 is 5.91 Å². The molecule has 0 saturated heterocycles. The third-order valence-electron chi connectivity index (χ3n) is 1.90. The first-order valence-corrected chi connectivity index (χ1v) is 4.16. The van der Waals surface area contributed by atoms with Crippen LogP contribution in [0.5, 0.6) is 0 Å². The first kappa shape index (κ1) is 8.50. The van der Waals surface area contributed by atoms with Gasteiger partial charge in [-0.15, -0.1) is 0 Å². The molecule has 0 fully saturated rings. The lowest BCUT2D eigenvalue weighted by Gasteiger charge is -2.01. The molecule has 0 aromatic carbocycles. The van der Waals surface area contributed by atoms with Gasteiger partial charge in [-0.25, -0.2) is 4.98 Å². The Hall–Kier alpha value is -2.10. The zero-order valence-corrected chi connectivity index (χ0v) is 7.42. The van der Waals surface area contributed by atoms with E-state index in [1.54, 1.807) is 18.3 Å². The molecule has 0 spiro atoms. The van der Waals surface area contributed by atoms with Gasteiger partial charge in [0, 0.05) is 12.4 Å². The number of carbonyl (C=O) groups excluding carboxylic acids is 1. The van der Waals surface area contributed by atoms with Crippen molar-refractivity contribution < 1.29 is 4.79 Å². The average Bonchev–Trinajstić information content (AvgIpc) is 2.71. The van der Waals surface area contributed by atoms with Crippen LogP contribution in [-0.2, 0) is 0 Å². The van der Waals surface area contributed by atoms with E-state index in [1.807, 2.05) is 29.1 Å². The molecule has 70 valence electrons. The average molecular weight is 187 g/mol. The van der Waals surface area contributed by atoms with Crippen LogP contribution in [0.25, 0.3) is 5.69 Å². The van der Waals surface area contributed by atoms with Gasteiger partial charge in [0.1, 0.15) is 5.69 Å². The minimum atomic E-state index is -0.510. The van der Waals surface area contributed by atoms with Crippen molar-refractivity contribution in [3.05, 3.63) is 48.5 Å². The van der Waals surface area contributed by atoms with E-state index in [9.17, 15) is 4.79 Å². The molecule has 2 rings (SSSR count). The first-order valence-electron chi connectivity index (χ1n) is 4.16. The smallest absolute Gasteiger partial charge is 0.267 e. The summed E-state index contributed by atoms with van der Waals surface area (Å²) in [6.07, 6.45) is 5.42. The van der Waals surface area contributed by atoms with E-state index >= 15 is 0 Å². The van der Waals surface area contributed by atoms with Gasteiger partial charge in [-0.05, 0) is 24.3 Å². The van der Waals surface area contributed by atoms with Crippen molar-refractivity contribution in [1.29, 1.82) is 0 Å². The molecule has 0 radical (unpaired) electrons. The van der Waals surface area contributed by atoms with Crippen LogP contribution in [0.15, 0.2) is 42.9 Å². The predicted molar refractivity (Wildman–Crippen MR) is 52.1 cm³/mol. The number of hydrogen-bond acceptors (Lipinski definition) is 2. The molecule has 2 aromatic rings. The standard InChI is InChI=1S/C10H9N3O/c11-10(14)9-4-3-8(7-12-9)13-5-1-2-6-13/h1-7H,(H2,11,14). The topological polar surface area (TPSA) is 60.9 Å². The molecule has 0 atom stereocenters. The Balaban J connectivity index is 2.36. The summed E-state index contributed by atoms with van der Waals surface area (Å²) in [5.41, 5.74) is 6.26.